The van der Waals surface area contributed by atoms with Crippen LogP contribution in [0.3, 0.4) is 0 Å². The van der Waals surface area contributed by atoms with Crippen LogP contribution < -0.4 is 11.1 Å². The average molecular weight is 255 g/mol. The minimum Gasteiger partial charge on any atom is -0.351 e. The van der Waals surface area contributed by atoms with Gasteiger partial charge in [0.05, 0.1) is 0 Å². The summed E-state index contributed by atoms with van der Waals surface area (Å²) >= 11 is 0. The summed E-state index contributed by atoms with van der Waals surface area (Å²) in [5.41, 5.74) is 4.82. The Balaban J connectivity index is 4.13. The summed E-state index contributed by atoms with van der Waals surface area (Å²) in [7, 11) is 0. The zero-order valence-electron chi connectivity index (χ0n) is 10.9. The van der Waals surface area contributed by atoms with E-state index < -0.39 is 18.0 Å². The largest absolute Gasteiger partial charge is 0.351 e. The third-order valence-electron chi connectivity index (χ3n) is 2.55. The van der Waals surface area contributed by atoms with E-state index >= 15 is 0 Å². The molecule has 18 heavy (non-hydrogen) atoms. The first-order valence-electron chi connectivity index (χ1n) is 5.89. The monoisotopic (exact) mass is 255 g/mol. The summed E-state index contributed by atoms with van der Waals surface area (Å²) in [6.45, 7) is 7.28. The number of primary amides is 1. The van der Waals surface area contributed by atoms with E-state index in [0.29, 0.717) is 12.3 Å². The van der Waals surface area contributed by atoms with Crippen LogP contribution in [0.2, 0.25) is 0 Å². The SMILES string of the molecule is C=C[C@@H](C)CCCCN(C(C)=O)C(=O)NC(N)=O. The topological polar surface area (TPSA) is 92.5 Å². The second-order valence-corrected chi connectivity index (χ2v) is 4.17. The van der Waals surface area contributed by atoms with Crippen LogP contribution in [-0.2, 0) is 4.79 Å². The van der Waals surface area contributed by atoms with Gasteiger partial charge in [-0.1, -0.05) is 19.4 Å². The lowest BCUT2D eigenvalue weighted by Gasteiger charge is -2.18. The summed E-state index contributed by atoms with van der Waals surface area (Å²) in [4.78, 5) is 34.2. The summed E-state index contributed by atoms with van der Waals surface area (Å²) in [5, 5.41) is 1.87. The summed E-state index contributed by atoms with van der Waals surface area (Å²) in [5.74, 6) is 0.000688. The maximum absolute atomic E-state index is 11.5. The number of rotatable bonds is 6. The first-order valence-corrected chi connectivity index (χ1v) is 5.89. The van der Waals surface area contributed by atoms with Gasteiger partial charge in [-0.25, -0.2) is 9.59 Å². The number of unbranched alkanes of at least 4 members (excludes halogenated alkanes) is 1. The third kappa shape index (κ3) is 6.67. The van der Waals surface area contributed by atoms with Gasteiger partial charge < -0.3 is 5.73 Å². The van der Waals surface area contributed by atoms with Gasteiger partial charge in [0, 0.05) is 13.5 Å². The molecule has 102 valence electrons. The Bertz CT molecular complexity index is 329. The Labute approximate surface area is 107 Å². The normalized spacial score (nSPS) is 11.4. The van der Waals surface area contributed by atoms with Gasteiger partial charge in [-0.15, -0.1) is 6.58 Å². The van der Waals surface area contributed by atoms with E-state index in [1.165, 1.54) is 6.92 Å². The first kappa shape index (κ1) is 16.1. The number of carbonyl (C=O) groups excluding carboxylic acids is 3. The highest BCUT2D eigenvalue weighted by Gasteiger charge is 2.18. The van der Waals surface area contributed by atoms with Gasteiger partial charge >= 0.3 is 12.1 Å². The van der Waals surface area contributed by atoms with Gasteiger partial charge in [0.25, 0.3) is 0 Å². The molecule has 0 rings (SSSR count). The lowest BCUT2D eigenvalue weighted by molar-refractivity contribution is -0.126. The number of nitrogens with zero attached hydrogens (tertiary/aromatic N) is 1. The first-order chi connectivity index (χ1) is 8.38. The van der Waals surface area contributed by atoms with E-state index in [-0.39, 0.29) is 6.54 Å². The fraction of sp³-hybridized carbons (Fsp3) is 0.583. The number of hydrogen-bond acceptors (Lipinski definition) is 3. The average Bonchev–Trinajstić information content (AvgIpc) is 2.26. The summed E-state index contributed by atoms with van der Waals surface area (Å²) in [6.07, 6.45) is 4.37. The molecular weight excluding hydrogens is 234 g/mol. The van der Waals surface area contributed by atoms with Crippen molar-refractivity contribution in [1.29, 1.82) is 0 Å². The highest BCUT2D eigenvalue weighted by Crippen LogP contribution is 2.09. The van der Waals surface area contributed by atoms with Crippen LogP contribution in [0.1, 0.15) is 33.1 Å². The zero-order valence-corrected chi connectivity index (χ0v) is 10.9. The number of imide groups is 2. The second-order valence-electron chi connectivity index (χ2n) is 4.17. The van der Waals surface area contributed by atoms with Crippen molar-refractivity contribution in [2.75, 3.05) is 6.54 Å². The molecule has 0 saturated carbocycles. The van der Waals surface area contributed by atoms with Crippen molar-refractivity contribution in [3.05, 3.63) is 12.7 Å². The Kier molecular flexibility index (Phi) is 7.42. The van der Waals surface area contributed by atoms with Gasteiger partial charge in [0.15, 0.2) is 0 Å². The standard InChI is InChI=1S/C12H21N3O3/c1-4-9(2)7-5-6-8-15(10(3)16)12(18)14-11(13)17/h4,9H,1,5-8H2,2-3H3,(H3,13,14,17,18)/t9-/m1/s1. The third-order valence-corrected chi connectivity index (χ3v) is 2.55. The second kappa shape index (κ2) is 8.27. The van der Waals surface area contributed by atoms with Crippen LogP contribution in [0.25, 0.3) is 0 Å². The Morgan fingerprint density at radius 3 is 2.44 bits per heavy atom. The molecular formula is C12H21N3O3. The number of allylic oxidation sites excluding steroid dienone is 1. The molecule has 0 bridgehead atoms. The molecule has 0 fully saturated rings. The summed E-state index contributed by atoms with van der Waals surface area (Å²) < 4.78 is 0. The zero-order chi connectivity index (χ0) is 14.1. The van der Waals surface area contributed by atoms with Crippen molar-refractivity contribution in [1.82, 2.24) is 10.2 Å². The highest BCUT2D eigenvalue weighted by molar-refractivity contribution is 6.00. The van der Waals surface area contributed by atoms with E-state index in [1.807, 2.05) is 11.4 Å². The molecule has 6 nitrogen and oxygen atoms in total. The number of amides is 5. The minimum atomic E-state index is -0.966. The number of urea groups is 2. The van der Waals surface area contributed by atoms with Gasteiger partial charge in [-0.2, -0.15) is 0 Å². The predicted octanol–water partition coefficient (Wildman–Crippen LogP) is 1.62. The molecule has 0 aliphatic rings. The van der Waals surface area contributed by atoms with Gasteiger partial charge in [0.1, 0.15) is 0 Å². The van der Waals surface area contributed by atoms with Crippen molar-refractivity contribution in [3.8, 4) is 0 Å². The quantitative estimate of drug-likeness (QED) is 0.558. The molecule has 1 atom stereocenters. The molecule has 0 aliphatic heterocycles. The van der Waals surface area contributed by atoms with Crippen molar-refractivity contribution >= 4 is 18.0 Å². The molecule has 0 unspecified atom stereocenters. The smallest absolute Gasteiger partial charge is 0.332 e. The Hall–Kier alpha value is -1.85. The van der Waals surface area contributed by atoms with Crippen LogP contribution in [-0.4, -0.2) is 29.4 Å². The lowest BCUT2D eigenvalue weighted by atomic mass is 10.0. The Morgan fingerprint density at radius 2 is 2.00 bits per heavy atom. The van der Waals surface area contributed by atoms with Crippen LogP contribution in [0.4, 0.5) is 9.59 Å². The lowest BCUT2D eigenvalue weighted by Crippen LogP contribution is -2.47. The van der Waals surface area contributed by atoms with E-state index in [9.17, 15) is 14.4 Å². The maximum atomic E-state index is 11.5. The van der Waals surface area contributed by atoms with Crippen molar-refractivity contribution in [2.45, 2.75) is 33.1 Å². The molecule has 0 radical (unpaired) electrons. The van der Waals surface area contributed by atoms with E-state index in [0.717, 1.165) is 17.7 Å². The van der Waals surface area contributed by atoms with Crippen molar-refractivity contribution in [2.24, 2.45) is 11.7 Å². The minimum absolute atomic E-state index is 0.276. The van der Waals surface area contributed by atoms with Gasteiger partial charge in [-0.3, -0.25) is 15.0 Å². The molecule has 3 N–H and O–H groups in total. The fourth-order valence-electron chi connectivity index (χ4n) is 1.43. The maximum Gasteiger partial charge on any atom is 0.332 e. The Morgan fingerprint density at radius 1 is 1.39 bits per heavy atom. The van der Waals surface area contributed by atoms with E-state index in [4.69, 9.17) is 5.73 Å². The fourth-order valence-corrected chi connectivity index (χ4v) is 1.43. The van der Waals surface area contributed by atoms with Gasteiger partial charge in [-0.05, 0) is 18.8 Å². The molecule has 0 spiro atoms. The summed E-state index contributed by atoms with van der Waals surface area (Å²) in [6, 6.07) is -1.74. The van der Waals surface area contributed by atoms with Crippen molar-refractivity contribution < 1.29 is 14.4 Å². The van der Waals surface area contributed by atoms with Crippen LogP contribution in [0, 0.1) is 5.92 Å². The van der Waals surface area contributed by atoms with E-state index in [1.54, 1.807) is 0 Å². The molecule has 0 aromatic heterocycles. The predicted molar refractivity (Wildman–Crippen MR) is 68.7 cm³/mol. The molecule has 0 saturated heterocycles. The molecule has 0 aliphatic carbocycles. The molecule has 5 amide bonds. The van der Waals surface area contributed by atoms with Crippen LogP contribution in [0.5, 0.6) is 0 Å². The van der Waals surface area contributed by atoms with Gasteiger partial charge in [0.2, 0.25) is 5.91 Å². The van der Waals surface area contributed by atoms with Crippen LogP contribution >= 0.6 is 0 Å². The van der Waals surface area contributed by atoms with Crippen molar-refractivity contribution in [3.63, 3.8) is 0 Å². The van der Waals surface area contributed by atoms with Crippen LogP contribution in [0.15, 0.2) is 12.7 Å². The molecule has 0 aromatic rings. The number of nitrogens with one attached hydrogen (secondary N) is 1. The van der Waals surface area contributed by atoms with E-state index in [2.05, 4.69) is 13.5 Å². The number of carbonyl (C=O) groups is 3. The number of nitrogens with two attached hydrogens (primary N) is 1. The molecule has 0 aromatic carbocycles. The number of hydrogen-bond donors (Lipinski definition) is 2. The molecule has 6 heteroatoms. The molecule has 0 heterocycles. The highest BCUT2D eigenvalue weighted by atomic mass is 16.2.